The fraction of sp³-hybridized carbons (Fsp3) is 0.778. The quantitative estimate of drug-likeness (QED) is 0.602. The molecule has 0 heterocycles. The Morgan fingerprint density at radius 2 is 2.17 bits per heavy atom. The summed E-state index contributed by atoms with van der Waals surface area (Å²) in [5.41, 5.74) is 0. The minimum absolute atomic E-state index is 0.197. The van der Waals surface area contributed by atoms with Crippen molar-refractivity contribution in [3.63, 3.8) is 0 Å². The summed E-state index contributed by atoms with van der Waals surface area (Å²) in [7, 11) is 1.34. The third kappa shape index (κ3) is 4.73. The van der Waals surface area contributed by atoms with Gasteiger partial charge in [0, 0.05) is 0 Å². The second-order valence-corrected chi connectivity index (χ2v) is 3.24. The van der Waals surface area contributed by atoms with E-state index in [9.17, 15) is 4.79 Å². The van der Waals surface area contributed by atoms with E-state index in [1.807, 2.05) is 13.8 Å². The molecule has 0 N–H and O–H groups in total. The van der Waals surface area contributed by atoms with Crippen molar-refractivity contribution in [1.29, 1.82) is 5.26 Å². The Morgan fingerprint density at radius 3 is 2.50 bits per heavy atom. The number of hydrogen-bond donors (Lipinski definition) is 0. The topological polar surface area (TPSA) is 50.1 Å². The van der Waals surface area contributed by atoms with Crippen molar-refractivity contribution in [2.45, 2.75) is 26.7 Å². The van der Waals surface area contributed by atoms with Crippen LogP contribution < -0.4 is 0 Å². The molecule has 0 bridgehead atoms. The average molecular weight is 169 g/mol. The molecule has 0 saturated carbocycles. The number of methoxy groups -OCH3 is 1. The fourth-order valence-electron chi connectivity index (χ4n) is 1.04. The molecule has 0 unspecified atom stereocenters. The SMILES string of the molecule is COC(=O)C[C@H](C#N)CC(C)C. The Bertz CT molecular complexity index is 181. The van der Waals surface area contributed by atoms with E-state index in [-0.39, 0.29) is 18.3 Å². The summed E-state index contributed by atoms with van der Waals surface area (Å²) in [6.45, 7) is 4.06. The predicted octanol–water partition coefficient (Wildman–Crippen LogP) is 1.74. The molecule has 0 aliphatic rings. The molecular weight excluding hydrogens is 154 g/mol. The Morgan fingerprint density at radius 1 is 1.58 bits per heavy atom. The van der Waals surface area contributed by atoms with E-state index in [0.29, 0.717) is 5.92 Å². The largest absolute Gasteiger partial charge is 0.469 e. The van der Waals surface area contributed by atoms with Gasteiger partial charge in [0.25, 0.3) is 0 Å². The molecule has 0 aliphatic heterocycles. The predicted molar refractivity (Wildman–Crippen MR) is 45.2 cm³/mol. The molecule has 0 radical (unpaired) electrons. The average Bonchev–Trinajstić information content (AvgIpc) is 2.02. The number of hydrogen-bond acceptors (Lipinski definition) is 3. The molecule has 0 aromatic heterocycles. The van der Waals surface area contributed by atoms with Crippen LogP contribution in [-0.2, 0) is 9.53 Å². The highest BCUT2D eigenvalue weighted by Gasteiger charge is 2.14. The van der Waals surface area contributed by atoms with Crippen LogP contribution in [0.1, 0.15) is 26.7 Å². The lowest BCUT2D eigenvalue weighted by atomic mass is 9.96. The van der Waals surface area contributed by atoms with Gasteiger partial charge in [-0.15, -0.1) is 0 Å². The number of carbonyl (C=O) groups is 1. The molecule has 0 amide bonds. The molecule has 0 fully saturated rings. The first-order valence-electron chi connectivity index (χ1n) is 4.06. The molecule has 0 aliphatic carbocycles. The molecule has 3 heteroatoms. The third-order valence-corrected chi connectivity index (χ3v) is 1.58. The zero-order chi connectivity index (χ0) is 9.56. The molecule has 0 rings (SSSR count). The normalized spacial score (nSPS) is 12.2. The van der Waals surface area contributed by atoms with E-state index in [1.165, 1.54) is 7.11 Å². The lowest BCUT2D eigenvalue weighted by Crippen LogP contribution is -2.10. The summed E-state index contributed by atoms with van der Waals surface area (Å²) < 4.78 is 4.47. The lowest BCUT2D eigenvalue weighted by molar-refractivity contribution is -0.141. The lowest BCUT2D eigenvalue weighted by Gasteiger charge is -2.09. The van der Waals surface area contributed by atoms with Crippen molar-refractivity contribution in [3.8, 4) is 6.07 Å². The number of carbonyl (C=O) groups excluding carboxylic acids is 1. The molecule has 68 valence electrons. The number of ether oxygens (including phenoxy) is 1. The molecule has 0 spiro atoms. The fourth-order valence-corrected chi connectivity index (χ4v) is 1.04. The first-order chi connectivity index (χ1) is 5.60. The zero-order valence-electron chi connectivity index (χ0n) is 7.83. The first kappa shape index (κ1) is 11.0. The van der Waals surface area contributed by atoms with Crippen LogP contribution in [-0.4, -0.2) is 13.1 Å². The van der Waals surface area contributed by atoms with Gasteiger partial charge in [0.1, 0.15) is 0 Å². The molecular formula is C9H15NO2. The Hall–Kier alpha value is -1.04. The van der Waals surface area contributed by atoms with Gasteiger partial charge in [-0.1, -0.05) is 13.8 Å². The van der Waals surface area contributed by atoms with Gasteiger partial charge in [-0.05, 0) is 12.3 Å². The van der Waals surface area contributed by atoms with Crippen molar-refractivity contribution in [1.82, 2.24) is 0 Å². The van der Waals surface area contributed by atoms with Gasteiger partial charge in [0.05, 0.1) is 25.5 Å². The maximum absolute atomic E-state index is 10.8. The maximum Gasteiger partial charge on any atom is 0.306 e. The molecule has 3 nitrogen and oxygen atoms in total. The van der Waals surface area contributed by atoms with Crippen LogP contribution in [0.5, 0.6) is 0 Å². The van der Waals surface area contributed by atoms with Crippen LogP contribution in [0.3, 0.4) is 0 Å². The number of nitriles is 1. The van der Waals surface area contributed by atoms with Crippen LogP contribution in [0.15, 0.2) is 0 Å². The Kier molecular flexibility index (Phi) is 5.11. The van der Waals surface area contributed by atoms with Crippen LogP contribution >= 0.6 is 0 Å². The van der Waals surface area contributed by atoms with Gasteiger partial charge in [-0.2, -0.15) is 5.26 Å². The van der Waals surface area contributed by atoms with Crippen LogP contribution in [0.2, 0.25) is 0 Å². The smallest absolute Gasteiger partial charge is 0.306 e. The second kappa shape index (κ2) is 5.59. The van der Waals surface area contributed by atoms with E-state index in [1.54, 1.807) is 0 Å². The maximum atomic E-state index is 10.8. The molecule has 0 aromatic carbocycles. The number of esters is 1. The Balaban J connectivity index is 3.85. The van der Waals surface area contributed by atoms with Gasteiger partial charge in [0.15, 0.2) is 0 Å². The van der Waals surface area contributed by atoms with Crippen molar-refractivity contribution >= 4 is 5.97 Å². The Labute approximate surface area is 73.3 Å². The van der Waals surface area contributed by atoms with Crippen molar-refractivity contribution < 1.29 is 9.53 Å². The minimum atomic E-state index is -0.304. The van der Waals surface area contributed by atoms with Crippen molar-refractivity contribution in [2.24, 2.45) is 11.8 Å². The van der Waals surface area contributed by atoms with E-state index in [2.05, 4.69) is 10.8 Å². The minimum Gasteiger partial charge on any atom is -0.469 e. The van der Waals surface area contributed by atoms with E-state index < -0.39 is 0 Å². The van der Waals surface area contributed by atoms with Gasteiger partial charge >= 0.3 is 5.97 Å². The van der Waals surface area contributed by atoms with E-state index in [4.69, 9.17) is 5.26 Å². The van der Waals surface area contributed by atoms with Crippen molar-refractivity contribution in [2.75, 3.05) is 7.11 Å². The molecule has 0 saturated heterocycles. The van der Waals surface area contributed by atoms with E-state index >= 15 is 0 Å². The summed E-state index contributed by atoms with van der Waals surface area (Å²) in [6.07, 6.45) is 0.969. The van der Waals surface area contributed by atoms with Crippen LogP contribution in [0.25, 0.3) is 0 Å². The number of rotatable bonds is 4. The van der Waals surface area contributed by atoms with Crippen molar-refractivity contribution in [3.05, 3.63) is 0 Å². The van der Waals surface area contributed by atoms with Crippen LogP contribution in [0.4, 0.5) is 0 Å². The van der Waals surface area contributed by atoms with Crippen LogP contribution in [0, 0.1) is 23.2 Å². The molecule has 0 aromatic rings. The monoisotopic (exact) mass is 169 g/mol. The van der Waals surface area contributed by atoms with Gasteiger partial charge < -0.3 is 4.74 Å². The van der Waals surface area contributed by atoms with E-state index in [0.717, 1.165) is 6.42 Å². The summed E-state index contributed by atoms with van der Waals surface area (Å²) in [4.78, 5) is 10.8. The first-order valence-corrected chi connectivity index (χ1v) is 4.06. The number of nitrogens with zero attached hydrogens (tertiary/aromatic N) is 1. The molecule has 1 atom stereocenters. The summed E-state index contributed by atoms with van der Waals surface area (Å²) in [5.74, 6) is -0.0565. The summed E-state index contributed by atoms with van der Waals surface area (Å²) in [6, 6.07) is 2.10. The van der Waals surface area contributed by atoms with Gasteiger partial charge in [-0.3, -0.25) is 4.79 Å². The van der Waals surface area contributed by atoms with Gasteiger partial charge in [0.2, 0.25) is 0 Å². The highest BCUT2D eigenvalue weighted by atomic mass is 16.5. The highest BCUT2D eigenvalue weighted by Crippen LogP contribution is 2.14. The summed E-state index contributed by atoms with van der Waals surface area (Å²) in [5, 5.41) is 8.66. The van der Waals surface area contributed by atoms with Gasteiger partial charge in [-0.25, -0.2) is 0 Å². The standard InChI is InChI=1S/C9H15NO2/c1-7(2)4-8(6-10)5-9(11)12-3/h7-8H,4-5H2,1-3H3/t8-/m1/s1. The second-order valence-electron chi connectivity index (χ2n) is 3.24. The third-order valence-electron chi connectivity index (χ3n) is 1.58. The highest BCUT2D eigenvalue weighted by molar-refractivity contribution is 5.69. The zero-order valence-corrected chi connectivity index (χ0v) is 7.83. The molecule has 12 heavy (non-hydrogen) atoms. The summed E-state index contributed by atoms with van der Waals surface area (Å²) >= 11 is 0.